The number of carbonyl (C=O) groups excluding carboxylic acids is 1. The van der Waals surface area contributed by atoms with Gasteiger partial charge in [-0.3, -0.25) is 0 Å². The lowest BCUT2D eigenvalue weighted by Crippen LogP contribution is -2.15. The van der Waals surface area contributed by atoms with E-state index in [9.17, 15) is 4.79 Å². The van der Waals surface area contributed by atoms with Crippen LogP contribution in [0.3, 0.4) is 0 Å². The third kappa shape index (κ3) is 2.53. The summed E-state index contributed by atoms with van der Waals surface area (Å²) >= 11 is 0. The second-order valence-electron chi connectivity index (χ2n) is 3.81. The first kappa shape index (κ1) is 12.2. The molecule has 0 unspecified atom stereocenters. The third-order valence-corrected chi connectivity index (χ3v) is 2.57. The molecule has 0 bridgehead atoms. The smallest absolute Gasteiger partial charge is 0.378 e. The highest BCUT2D eigenvalue weighted by Crippen LogP contribution is 2.09. The van der Waals surface area contributed by atoms with E-state index in [0.717, 1.165) is 11.1 Å². The van der Waals surface area contributed by atoms with Gasteiger partial charge < -0.3 is 4.74 Å². The van der Waals surface area contributed by atoms with E-state index >= 15 is 0 Å². The van der Waals surface area contributed by atoms with Gasteiger partial charge in [0, 0.05) is 0 Å². The average Bonchev–Trinajstić information content (AvgIpc) is 2.81. The number of aryl methyl sites for hydroxylation is 1. The van der Waals surface area contributed by atoms with Crippen molar-refractivity contribution in [3.63, 3.8) is 0 Å². The predicted molar refractivity (Wildman–Crippen MR) is 64.1 cm³/mol. The first-order valence-electron chi connectivity index (χ1n) is 5.70. The minimum absolute atomic E-state index is 0.125. The van der Waals surface area contributed by atoms with Crippen molar-refractivity contribution >= 4 is 5.97 Å². The van der Waals surface area contributed by atoms with E-state index in [-0.39, 0.29) is 5.82 Å². The molecule has 0 aliphatic heterocycles. The fourth-order valence-electron chi connectivity index (χ4n) is 1.60. The number of rotatable bonds is 4. The number of carbonyl (C=O) groups is 1. The highest BCUT2D eigenvalue weighted by Gasteiger charge is 2.16. The lowest BCUT2D eigenvalue weighted by atomic mass is 10.1. The fraction of sp³-hybridized carbons (Fsp3) is 0.333. The molecule has 94 valence electrons. The molecule has 0 fully saturated rings. The minimum atomic E-state index is -0.504. The van der Waals surface area contributed by atoms with Gasteiger partial charge >= 0.3 is 5.97 Å². The first-order valence-corrected chi connectivity index (χ1v) is 5.70. The van der Waals surface area contributed by atoms with Crippen LogP contribution in [-0.2, 0) is 11.3 Å². The summed E-state index contributed by atoms with van der Waals surface area (Å²) in [6, 6.07) is 7.89. The standard InChI is InChI=1S/C12H14N4O2/c1-3-18-12(17)11-13-14-15-16(11)8-10-7-5-4-6-9(10)2/h4-7H,3,8H2,1-2H3. The summed E-state index contributed by atoms with van der Waals surface area (Å²) in [6.45, 7) is 4.50. The zero-order valence-corrected chi connectivity index (χ0v) is 10.3. The number of ether oxygens (including phenoxy) is 1. The molecule has 18 heavy (non-hydrogen) atoms. The van der Waals surface area contributed by atoms with Crippen molar-refractivity contribution < 1.29 is 9.53 Å². The van der Waals surface area contributed by atoms with Crippen molar-refractivity contribution in [2.75, 3.05) is 6.61 Å². The Morgan fingerprint density at radius 1 is 1.39 bits per heavy atom. The molecule has 0 spiro atoms. The van der Waals surface area contributed by atoms with E-state index in [2.05, 4.69) is 15.5 Å². The predicted octanol–water partition coefficient (Wildman–Crippen LogP) is 1.21. The van der Waals surface area contributed by atoms with Gasteiger partial charge in [-0.05, 0) is 35.4 Å². The summed E-state index contributed by atoms with van der Waals surface area (Å²) in [5, 5.41) is 11.0. The highest BCUT2D eigenvalue weighted by atomic mass is 16.5. The first-order chi connectivity index (χ1) is 8.72. The van der Waals surface area contributed by atoms with Gasteiger partial charge in [0.15, 0.2) is 0 Å². The van der Waals surface area contributed by atoms with Gasteiger partial charge in [0.05, 0.1) is 13.2 Å². The van der Waals surface area contributed by atoms with E-state index in [1.54, 1.807) is 6.92 Å². The second kappa shape index (κ2) is 5.39. The van der Waals surface area contributed by atoms with Crippen LogP contribution in [0.15, 0.2) is 24.3 Å². The number of hydrogen-bond donors (Lipinski definition) is 0. The van der Waals surface area contributed by atoms with Crippen molar-refractivity contribution in [1.29, 1.82) is 0 Å². The molecular formula is C12H14N4O2. The Bertz CT molecular complexity index is 551. The number of aromatic nitrogens is 4. The number of esters is 1. The van der Waals surface area contributed by atoms with E-state index in [4.69, 9.17) is 4.74 Å². The lowest BCUT2D eigenvalue weighted by molar-refractivity contribution is 0.0505. The summed E-state index contributed by atoms with van der Waals surface area (Å²) in [7, 11) is 0. The lowest BCUT2D eigenvalue weighted by Gasteiger charge is -2.06. The molecule has 0 aliphatic carbocycles. The molecule has 2 aromatic rings. The molecule has 2 rings (SSSR count). The van der Waals surface area contributed by atoms with E-state index < -0.39 is 5.97 Å². The Morgan fingerprint density at radius 3 is 2.89 bits per heavy atom. The van der Waals surface area contributed by atoms with Gasteiger partial charge in [-0.15, -0.1) is 5.10 Å². The Hall–Kier alpha value is -2.24. The molecule has 0 amide bonds. The topological polar surface area (TPSA) is 69.9 Å². The Kier molecular flexibility index (Phi) is 3.66. The van der Waals surface area contributed by atoms with Crippen LogP contribution in [0.2, 0.25) is 0 Å². The summed E-state index contributed by atoms with van der Waals surface area (Å²) in [6.07, 6.45) is 0. The average molecular weight is 246 g/mol. The second-order valence-corrected chi connectivity index (χ2v) is 3.81. The molecular weight excluding hydrogens is 232 g/mol. The Balaban J connectivity index is 2.23. The van der Waals surface area contributed by atoms with E-state index in [1.807, 2.05) is 31.2 Å². The van der Waals surface area contributed by atoms with Crippen molar-refractivity contribution in [1.82, 2.24) is 20.2 Å². The number of nitrogens with zero attached hydrogens (tertiary/aromatic N) is 4. The van der Waals surface area contributed by atoms with Crippen LogP contribution in [-0.4, -0.2) is 32.8 Å². The van der Waals surface area contributed by atoms with Crippen molar-refractivity contribution in [3.8, 4) is 0 Å². The monoisotopic (exact) mass is 246 g/mol. The number of benzene rings is 1. The molecule has 1 aromatic carbocycles. The van der Waals surface area contributed by atoms with Crippen molar-refractivity contribution in [2.45, 2.75) is 20.4 Å². The third-order valence-electron chi connectivity index (χ3n) is 2.57. The summed E-state index contributed by atoms with van der Waals surface area (Å²) in [4.78, 5) is 11.6. The van der Waals surface area contributed by atoms with Crippen LogP contribution in [0.1, 0.15) is 28.7 Å². The van der Waals surface area contributed by atoms with Crippen LogP contribution >= 0.6 is 0 Å². The van der Waals surface area contributed by atoms with Crippen molar-refractivity contribution in [3.05, 3.63) is 41.2 Å². The van der Waals surface area contributed by atoms with Gasteiger partial charge in [0.2, 0.25) is 0 Å². The maximum Gasteiger partial charge on any atom is 0.378 e. The molecule has 1 aromatic heterocycles. The van der Waals surface area contributed by atoms with Crippen LogP contribution in [0.25, 0.3) is 0 Å². The van der Waals surface area contributed by atoms with Crippen LogP contribution in [0, 0.1) is 6.92 Å². The largest absolute Gasteiger partial charge is 0.460 e. The SMILES string of the molecule is CCOC(=O)c1nnnn1Cc1ccccc1C. The molecule has 0 N–H and O–H groups in total. The Labute approximate surface area is 105 Å². The van der Waals surface area contributed by atoms with Gasteiger partial charge in [0.1, 0.15) is 0 Å². The van der Waals surface area contributed by atoms with Gasteiger partial charge in [-0.25, -0.2) is 9.48 Å². The molecule has 0 aliphatic rings. The van der Waals surface area contributed by atoms with Crippen LogP contribution in [0.5, 0.6) is 0 Å². The quantitative estimate of drug-likeness (QED) is 0.758. The fourth-order valence-corrected chi connectivity index (χ4v) is 1.60. The summed E-state index contributed by atoms with van der Waals surface area (Å²) in [5.41, 5.74) is 2.19. The summed E-state index contributed by atoms with van der Waals surface area (Å²) < 4.78 is 6.34. The minimum Gasteiger partial charge on any atom is -0.460 e. The number of tetrazole rings is 1. The van der Waals surface area contributed by atoms with Gasteiger partial charge in [-0.1, -0.05) is 24.3 Å². The van der Waals surface area contributed by atoms with E-state index in [0.29, 0.717) is 13.2 Å². The van der Waals surface area contributed by atoms with Gasteiger partial charge in [-0.2, -0.15) is 0 Å². The molecule has 6 heteroatoms. The zero-order valence-electron chi connectivity index (χ0n) is 10.3. The molecule has 0 saturated carbocycles. The molecule has 0 radical (unpaired) electrons. The zero-order chi connectivity index (χ0) is 13.0. The van der Waals surface area contributed by atoms with Crippen LogP contribution < -0.4 is 0 Å². The number of hydrogen-bond acceptors (Lipinski definition) is 5. The molecule has 0 saturated heterocycles. The van der Waals surface area contributed by atoms with Crippen LogP contribution in [0.4, 0.5) is 0 Å². The maximum absolute atomic E-state index is 11.6. The Morgan fingerprint density at radius 2 is 2.17 bits per heavy atom. The maximum atomic E-state index is 11.6. The molecule has 0 atom stereocenters. The molecule has 1 heterocycles. The highest BCUT2D eigenvalue weighted by molar-refractivity contribution is 5.85. The molecule has 6 nitrogen and oxygen atoms in total. The van der Waals surface area contributed by atoms with E-state index in [1.165, 1.54) is 4.68 Å². The summed E-state index contributed by atoms with van der Waals surface area (Å²) in [5.74, 6) is -0.379. The van der Waals surface area contributed by atoms with Crippen molar-refractivity contribution in [2.24, 2.45) is 0 Å². The van der Waals surface area contributed by atoms with Gasteiger partial charge in [0.25, 0.3) is 5.82 Å². The normalized spacial score (nSPS) is 10.3.